The van der Waals surface area contributed by atoms with Gasteiger partial charge in [-0.25, -0.2) is 4.98 Å². The number of phenolic OH excluding ortho intramolecular Hbond substituents is 2. The Bertz CT molecular complexity index is 1080. The van der Waals surface area contributed by atoms with E-state index in [0.29, 0.717) is 29.4 Å². The van der Waals surface area contributed by atoms with Gasteiger partial charge in [0.15, 0.2) is 0 Å². The third-order valence-corrected chi connectivity index (χ3v) is 4.99. The van der Waals surface area contributed by atoms with Crippen LogP contribution in [0.15, 0.2) is 47.8 Å². The first-order valence-electron chi connectivity index (χ1n) is 8.04. The summed E-state index contributed by atoms with van der Waals surface area (Å²) in [5.41, 5.74) is 2.86. The number of hydrogen-bond acceptors (Lipinski definition) is 7. The fraction of sp³-hybridized carbons (Fsp3) is 0.105. The van der Waals surface area contributed by atoms with E-state index in [2.05, 4.69) is 20.5 Å². The predicted molar refractivity (Wildman–Crippen MR) is 102 cm³/mol. The third-order valence-electron chi connectivity index (χ3n) is 4.11. The lowest BCUT2D eigenvalue weighted by molar-refractivity contribution is 0.475. The van der Waals surface area contributed by atoms with Crippen LogP contribution in [0.1, 0.15) is 11.3 Å². The number of nitrogens with zero attached hydrogens (tertiary/aromatic N) is 3. The molecule has 3 N–H and O–H groups in total. The fourth-order valence-corrected chi connectivity index (χ4v) is 3.53. The number of thiophene rings is 1. The van der Waals surface area contributed by atoms with E-state index in [4.69, 9.17) is 0 Å². The van der Waals surface area contributed by atoms with Crippen LogP contribution in [0.25, 0.3) is 21.3 Å². The van der Waals surface area contributed by atoms with E-state index in [1.54, 1.807) is 23.5 Å². The minimum Gasteiger partial charge on any atom is -0.508 e. The molecule has 0 saturated carbocycles. The summed E-state index contributed by atoms with van der Waals surface area (Å²) in [5.74, 6) is 0.845. The van der Waals surface area contributed by atoms with Crippen LogP contribution < -0.4 is 5.32 Å². The molecule has 4 aromatic rings. The van der Waals surface area contributed by atoms with Crippen molar-refractivity contribution in [2.75, 3.05) is 5.32 Å². The summed E-state index contributed by atoms with van der Waals surface area (Å²) in [6.07, 6.45) is 0. The summed E-state index contributed by atoms with van der Waals surface area (Å²) in [4.78, 5) is 4.45. The van der Waals surface area contributed by atoms with Crippen LogP contribution in [0.4, 0.5) is 5.95 Å². The van der Waals surface area contributed by atoms with E-state index in [-0.39, 0.29) is 11.5 Å². The van der Waals surface area contributed by atoms with Crippen LogP contribution in [0.5, 0.6) is 11.5 Å². The molecule has 0 spiro atoms. The first-order chi connectivity index (χ1) is 12.6. The van der Waals surface area contributed by atoms with E-state index in [0.717, 1.165) is 15.6 Å². The van der Waals surface area contributed by atoms with Crippen molar-refractivity contribution in [3.05, 3.63) is 59.1 Å². The number of aromatic hydroxyl groups is 2. The Morgan fingerprint density at radius 3 is 2.58 bits per heavy atom. The van der Waals surface area contributed by atoms with Crippen LogP contribution in [0.2, 0.25) is 0 Å². The van der Waals surface area contributed by atoms with Crippen LogP contribution in [-0.2, 0) is 6.54 Å². The van der Waals surface area contributed by atoms with Gasteiger partial charge < -0.3 is 15.5 Å². The van der Waals surface area contributed by atoms with Crippen molar-refractivity contribution in [3.63, 3.8) is 0 Å². The summed E-state index contributed by atoms with van der Waals surface area (Å²) >= 11 is 1.58. The molecule has 0 unspecified atom stereocenters. The highest BCUT2D eigenvalue weighted by atomic mass is 32.1. The SMILES string of the molecule is Cc1nc(NCc2ccc(O)cc2)nnc1-c1ccc2sccc2c1O. The Hall–Kier alpha value is -3.19. The van der Waals surface area contributed by atoms with Gasteiger partial charge in [0.2, 0.25) is 5.95 Å². The van der Waals surface area contributed by atoms with Gasteiger partial charge in [0.1, 0.15) is 17.2 Å². The summed E-state index contributed by atoms with van der Waals surface area (Å²) in [5, 5.41) is 34.1. The second-order valence-corrected chi connectivity index (χ2v) is 6.83. The zero-order valence-corrected chi connectivity index (χ0v) is 14.8. The van der Waals surface area contributed by atoms with Gasteiger partial charge in [0.25, 0.3) is 0 Å². The van der Waals surface area contributed by atoms with E-state index in [1.807, 2.05) is 42.6 Å². The van der Waals surface area contributed by atoms with Crippen molar-refractivity contribution in [1.29, 1.82) is 0 Å². The number of nitrogens with one attached hydrogen (secondary N) is 1. The van der Waals surface area contributed by atoms with Crippen LogP contribution in [0, 0.1) is 6.92 Å². The minimum absolute atomic E-state index is 0.202. The maximum atomic E-state index is 10.5. The quantitative estimate of drug-likeness (QED) is 0.505. The first kappa shape index (κ1) is 16.3. The van der Waals surface area contributed by atoms with Crippen LogP contribution in [0.3, 0.4) is 0 Å². The first-order valence-corrected chi connectivity index (χ1v) is 8.92. The van der Waals surface area contributed by atoms with Crippen LogP contribution >= 0.6 is 11.3 Å². The smallest absolute Gasteiger partial charge is 0.243 e. The van der Waals surface area contributed by atoms with Gasteiger partial charge in [-0.2, -0.15) is 0 Å². The number of anilines is 1. The summed E-state index contributed by atoms with van der Waals surface area (Å²) in [7, 11) is 0. The van der Waals surface area contributed by atoms with E-state index in [9.17, 15) is 10.2 Å². The molecular formula is C19H16N4O2S. The van der Waals surface area contributed by atoms with Gasteiger partial charge in [-0.05, 0) is 48.2 Å². The lowest BCUT2D eigenvalue weighted by Gasteiger charge is -2.09. The molecule has 0 saturated heterocycles. The highest BCUT2D eigenvalue weighted by molar-refractivity contribution is 7.17. The molecule has 130 valence electrons. The van der Waals surface area contributed by atoms with Gasteiger partial charge in [0, 0.05) is 22.2 Å². The molecule has 6 nitrogen and oxygen atoms in total. The number of rotatable bonds is 4. The van der Waals surface area contributed by atoms with Gasteiger partial charge >= 0.3 is 0 Å². The molecular weight excluding hydrogens is 348 g/mol. The average Bonchev–Trinajstić information content (AvgIpc) is 3.12. The highest BCUT2D eigenvalue weighted by Gasteiger charge is 2.14. The molecule has 0 atom stereocenters. The largest absolute Gasteiger partial charge is 0.508 e. The van der Waals surface area contributed by atoms with Crippen molar-refractivity contribution in [2.24, 2.45) is 0 Å². The summed E-state index contributed by atoms with van der Waals surface area (Å²) in [6, 6.07) is 12.6. The topological polar surface area (TPSA) is 91.2 Å². The molecule has 0 aliphatic carbocycles. The molecule has 0 fully saturated rings. The minimum atomic E-state index is 0.202. The molecule has 0 bridgehead atoms. The summed E-state index contributed by atoms with van der Waals surface area (Å²) in [6.45, 7) is 2.36. The van der Waals surface area contributed by atoms with Crippen molar-refractivity contribution in [1.82, 2.24) is 15.2 Å². The van der Waals surface area contributed by atoms with Crippen molar-refractivity contribution in [3.8, 4) is 22.8 Å². The third kappa shape index (κ3) is 3.04. The Morgan fingerprint density at radius 1 is 1.00 bits per heavy atom. The van der Waals surface area contributed by atoms with Crippen molar-refractivity contribution in [2.45, 2.75) is 13.5 Å². The van der Waals surface area contributed by atoms with Gasteiger partial charge in [-0.15, -0.1) is 21.5 Å². The number of hydrogen-bond donors (Lipinski definition) is 3. The maximum absolute atomic E-state index is 10.5. The molecule has 0 aliphatic heterocycles. The van der Waals surface area contributed by atoms with E-state index in [1.165, 1.54) is 0 Å². The molecule has 4 rings (SSSR count). The number of aryl methyl sites for hydroxylation is 1. The lowest BCUT2D eigenvalue weighted by Crippen LogP contribution is -2.07. The normalized spacial score (nSPS) is 11.0. The lowest BCUT2D eigenvalue weighted by atomic mass is 10.1. The monoisotopic (exact) mass is 364 g/mol. The predicted octanol–water partition coefficient (Wildman–Crippen LogP) is 4.09. The van der Waals surface area contributed by atoms with Crippen LogP contribution in [-0.4, -0.2) is 25.4 Å². The second-order valence-electron chi connectivity index (χ2n) is 5.88. The number of fused-ring (bicyclic) bond motifs is 1. The fourth-order valence-electron chi connectivity index (χ4n) is 2.74. The Kier molecular flexibility index (Phi) is 4.14. The molecule has 2 aromatic carbocycles. The highest BCUT2D eigenvalue weighted by Crippen LogP contribution is 2.37. The zero-order chi connectivity index (χ0) is 18.1. The van der Waals surface area contributed by atoms with E-state index >= 15 is 0 Å². The standard InChI is InChI=1S/C19H16N4O2S/c1-11-17(15-6-7-16-14(18(15)25)8-9-26-16)22-23-19(21-11)20-10-12-2-4-13(24)5-3-12/h2-9,24-25H,10H2,1H3,(H,20,21,23). The molecule has 0 radical (unpaired) electrons. The molecule has 2 heterocycles. The Labute approximate surface area is 153 Å². The molecule has 7 heteroatoms. The number of aromatic nitrogens is 3. The second kappa shape index (κ2) is 6.61. The van der Waals surface area contributed by atoms with Gasteiger partial charge in [-0.3, -0.25) is 0 Å². The van der Waals surface area contributed by atoms with Gasteiger partial charge in [-0.1, -0.05) is 12.1 Å². The number of benzene rings is 2. The molecule has 0 amide bonds. The molecule has 2 aromatic heterocycles. The Morgan fingerprint density at radius 2 is 1.81 bits per heavy atom. The average molecular weight is 364 g/mol. The van der Waals surface area contributed by atoms with Gasteiger partial charge in [0.05, 0.1) is 5.69 Å². The van der Waals surface area contributed by atoms with Crippen molar-refractivity contribution < 1.29 is 10.2 Å². The molecule has 0 aliphatic rings. The molecule has 26 heavy (non-hydrogen) atoms. The Balaban J connectivity index is 1.59. The zero-order valence-electron chi connectivity index (χ0n) is 14.0. The summed E-state index contributed by atoms with van der Waals surface area (Å²) < 4.78 is 1.03. The maximum Gasteiger partial charge on any atom is 0.243 e. The number of phenols is 2. The van der Waals surface area contributed by atoms with Crippen molar-refractivity contribution >= 4 is 27.4 Å². The van der Waals surface area contributed by atoms with E-state index < -0.39 is 0 Å².